The molecule has 0 saturated carbocycles. The molecule has 1 atom stereocenters. The molecule has 0 heterocycles. The fourth-order valence-corrected chi connectivity index (χ4v) is 2.05. The van der Waals surface area contributed by atoms with Crippen molar-refractivity contribution in [3.8, 4) is 5.75 Å². The monoisotopic (exact) mass is 295 g/mol. The number of hydrogen-bond donors (Lipinski definition) is 5. The van der Waals surface area contributed by atoms with Crippen molar-refractivity contribution < 1.29 is 29.9 Å². The third-order valence-electron chi connectivity index (χ3n) is 3.17. The lowest BCUT2D eigenvalue weighted by Crippen LogP contribution is -2.25. The highest BCUT2D eigenvalue weighted by Gasteiger charge is 2.27. The van der Waals surface area contributed by atoms with E-state index in [1.54, 1.807) is 0 Å². The second kappa shape index (κ2) is 7.77. The molecule has 21 heavy (non-hydrogen) atoms. The zero-order chi connectivity index (χ0) is 16.0. The van der Waals surface area contributed by atoms with Gasteiger partial charge in [-0.05, 0) is 24.6 Å². The van der Waals surface area contributed by atoms with Gasteiger partial charge >= 0.3 is 13.1 Å². The summed E-state index contributed by atoms with van der Waals surface area (Å²) in [6.45, 7) is 0.173. The minimum atomic E-state index is -1.75. The molecule has 8 heteroatoms. The van der Waals surface area contributed by atoms with E-state index < -0.39 is 24.7 Å². The van der Waals surface area contributed by atoms with Gasteiger partial charge in [0, 0.05) is 18.7 Å². The summed E-state index contributed by atoms with van der Waals surface area (Å²) in [5, 5.41) is 37.5. The molecule has 0 bridgehead atoms. The molecule has 0 saturated heterocycles. The molecule has 7 nitrogen and oxygen atoms in total. The van der Waals surface area contributed by atoms with Crippen LogP contribution in [0.2, 0.25) is 5.82 Å². The Balaban J connectivity index is 2.92. The van der Waals surface area contributed by atoms with Crippen molar-refractivity contribution in [2.75, 3.05) is 6.54 Å². The average Bonchev–Trinajstić information content (AvgIpc) is 2.39. The number of nitrogens with two attached hydrogens (primary N) is 1. The topological polar surface area (TPSA) is 141 Å². The number of rotatable bonds is 8. The standard InChI is InChI=1S/C13H18BNO6/c15-5-4-10(16)7-9(14(20)21)6-8-2-1-3-11(12(8)17)13(18)19/h1-3,9,17,20-21H,4-7,15H2,(H,18,19). The van der Waals surface area contributed by atoms with E-state index in [-0.39, 0.29) is 42.7 Å². The zero-order valence-electron chi connectivity index (χ0n) is 11.4. The minimum absolute atomic E-state index is 0.0269. The van der Waals surface area contributed by atoms with E-state index in [0.29, 0.717) is 0 Å². The van der Waals surface area contributed by atoms with E-state index in [1.807, 2.05) is 0 Å². The third-order valence-corrected chi connectivity index (χ3v) is 3.17. The van der Waals surface area contributed by atoms with Crippen LogP contribution in [0.1, 0.15) is 28.8 Å². The molecule has 0 radical (unpaired) electrons. The first kappa shape index (κ1) is 17.2. The minimum Gasteiger partial charge on any atom is -0.507 e. The number of benzene rings is 1. The van der Waals surface area contributed by atoms with Gasteiger partial charge in [-0.1, -0.05) is 12.1 Å². The molecule has 114 valence electrons. The highest BCUT2D eigenvalue weighted by atomic mass is 16.4. The molecule has 0 aliphatic heterocycles. The molecule has 0 aliphatic rings. The molecule has 1 aromatic rings. The maximum absolute atomic E-state index is 11.5. The van der Waals surface area contributed by atoms with Gasteiger partial charge in [0.25, 0.3) is 0 Å². The van der Waals surface area contributed by atoms with E-state index >= 15 is 0 Å². The van der Waals surface area contributed by atoms with E-state index in [0.717, 1.165) is 0 Å². The lowest BCUT2D eigenvalue weighted by molar-refractivity contribution is -0.119. The van der Waals surface area contributed by atoms with Gasteiger partial charge in [-0.2, -0.15) is 0 Å². The van der Waals surface area contributed by atoms with Gasteiger partial charge in [0.15, 0.2) is 0 Å². The van der Waals surface area contributed by atoms with Gasteiger partial charge < -0.3 is 26.0 Å². The Bertz CT molecular complexity index is 519. The van der Waals surface area contributed by atoms with Crippen LogP contribution in [0.4, 0.5) is 0 Å². The number of carboxylic acids is 1. The SMILES string of the molecule is NCCC(=O)CC(Cc1cccc(C(=O)O)c1O)B(O)O. The lowest BCUT2D eigenvalue weighted by Gasteiger charge is -2.16. The second-order valence-corrected chi connectivity index (χ2v) is 4.78. The fraction of sp³-hybridized carbons (Fsp3) is 0.385. The molecule has 0 spiro atoms. The summed E-state index contributed by atoms with van der Waals surface area (Å²) < 4.78 is 0. The number of para-hydroxylation sites is 1. The first-order chi connectivity index (χ1) is 9.86. The third kappa shape index (κ3) is 4.85. The van der Waals surface area contributed by atoms with Crippen LogP contribution in [-0.2, 0) is 11.2 Å². The number of Topliss-reactive ketones (excluding diaryl/α,β-unsaturated/α-hetero) is 1. The van der Waals surface area contributed by atoms with Crippen molar-refractivity contribution >= 4 is 18.9 Å². The van der Waals surface area contributed by atoms with Crippen LogP contribution in [0.15, 0.2) is 18.2 Å². The van der Waals surface area contributed by atoms with Gasteiger partial charge in [0.05, 0.1) is 0 Å². The van der Waals surface area contributed by atoms with Crippen molar-refractivity contribution in [2.45, 2.75) is 25.1 Å². The molecule has 0 fully saturated rings. The number of carbonyl (C=O) groups excluding carboxylic acids is 1. The van der Waals surface area contributed by atoms with Crippen molar-refractivity contribution in [2.24, 2.45) is 5.73 Å². The smallest absolute Gasteiger partial charge is 0.455 e. The normalized spacial score (nSPS) is 12.0. The molecular formula is C13H18BNO6. The number of carbonyl (C=O) groups is 2. The highest BCUT2D eigenvalue weighted by Crippen LogP contribution is 2.29. The van der Waals surface area contributed by atoms with Crippen LogP contribution in [-0.4, -0.2) is 45.7 Å². The van der Waals surface area contributed by atoms with Crippen molar-refractivity contribution in [3.05, 3.63) is 29.3 Å². The average molecular weight is 295 g/mol. The molecule has 0 aliphatic carbocycles. The van der Waals surface area contributed by atoms with E-state index in [9.17, 15) is 24.7 Å². The maximum atomic E-state index is 11.5. The Morgan fingerprint density at radius 1 is 1.29 bits per heavy atom. The summed E-state index contributed by atoms with van der Waals surface area (Å²) in [7, 11) is -1.75. The van der Waals surface area contributed by atoms with E-state index in [4.69, 9.17) is 10.8 Å². The number of hydrogen-bond acceptors (Lipinski definition) is 6. The van der Waals surface area contributed by atoms with Crippen molar-refractivity contribution in [1.29, 1.82) is 0 Å². The maximum Gasteiger partial charge on any atom is 0.455 e. The Hall–Kier alpha value is -1.90. The number of ketones is 1. The fourth-order valence-electron chi connectivity index (χ4n) is 2.05. The van der Waals surface area contributed by atoms with Crippen molar-refractivity contribution in [3.63, 3.8) is 0 Å². The number of carboxylic acid groups (broad SMARTS) is 1. The summed E-state index contributed by atoms with van der Waals surface area (Å²) in [5.74, 6) is -2.76. The van der Waals surface area contributed by atoms with Gasteiger partial charge in [0.2, 0.25) is 0 Å². The highest BCUT2D eigenvalue weighted by molar-refractivity contribution is 6.43. The molecule has 1 unspecified atom stereocenters. The number of aromatic hydroxyl groups is 1. The summed E-state index contributed by atoms with van der Waals surface area (Å²) in [6.07, 6.45) is -0.00307. The zero-order valence-corrected chi connectivity index (χ0v) is 11.4. The van der Waals surface area contributed by atoms with Crippen LogP contribution in [0.25, 0.3) is 0 Å². The Kier molecular flexibility index (Phi) is 6.35. The van der Waals surface area contributed by atoms with Crippen LogP contribution < -0.4 is 5.73 Å². The summed E-state index contributed by atoms with van der Waals surface area (Å²) in [6, 6.07) is 4.16. The molecule has 6 N–H and O–H groups in total. The molecule has 1 aromatic carbocycles. The molecular weight excluding hydrogens is 277 g/mol. The van der Waals surface area contributed by atoms with Gasteiger partial charge in [0.1, 0.15) is 17.1 Å². The van der Waals surface area contributed by atoms with Gasteiger partial charge in [-0.15, -0.1) is 0 Å². The van der Waals surface area contributed by atoms with Crippen LogP contribution in [0.5, 0.6) is 5.75 Å². The van der Waals surface area contributed by atoms with E-state index in [1.165, 1.54) is 18.2 Å². The second-order valence-electron chi connectivity index (χ2n) is 4.78. The Labute approximate surface area is 122 Å². The summed E-state index contributed by atoms with van der Waals surface area (Å²) >= 11 is 0. The molecule has 0 amide bonds. The van der Waals surface area contributed by atoms with Gasteiger partial charge in [-0.3, -0.25) is 4.79 Å². The summed E-state index contributed by atoms with van der Waals surface area (Å²) in [5.41, 5.74) is 5.23. The van der Waals surface area contributed by atoms with Crippen LogP contribution in [0.3, 0.4) is 0 Å². The van der Waals surface area contributed by atoms with Crippen molar-refractivity contribution in [1.82, 2.24) is 0 Å². The quantitative estimate of drug-likeness (QED) is 0.417. The largest absolute Gasteiger partial charge is 0.507 e. The lowest BCUT2D eigenvalue weighted by atomic mass is 9.67. The Morgan fingerprint density at radius 3 is 2.48 bits per heavy atom. The predicted molar refractivity (Wildman–Crippen MR) is 76.0 cm³/mol. The Morgan fingerprint density at radius 2 is 1.95 bits per heavy atom. The van der Waals surface area contributed by atoms with Gasteiger partial charge in [-0.25, -0.2) is 4.79 Å². The first-order valence-corrected chi connectivity index (χ1v) is 6.48. The van der Waals surface area contributed by atoms with Crippen LogP contribution >= 0.6 is 0 Å². The number of phenols is 1. The first-order valence-electron chi connectivity index (χ1n) is 6.48. The predicted octanol–water partition coefficient (Wildman–Crippen LogP) is -0.216. The molecule has 0 aromatic heterocycles. The number of aromatic carboxylic acids is 1. The molecule has 1 rings (SSSR count). The van der Waals surface area contributed by atoms with E-state index in [2.05, 4.69) is 0 Å². The van der Waals surface area contributed by atoms with Crippen LogP contribution in [0, 0.1) is 0 Å². The summed E-state index contributed by atoms with van der Waals surface area (Å²) in [4.78, 5) is 22.5.